The molecule has 1 aliphatic heterocycles. The number of carbonyl (C=O) groups is 2. The van der Waals surface area contributed by atoms with Crippen molar-refractivity contribution in [2.45, 2.75) is 269 Å². The first kappa shape index (κ1) is 64.1. The third kappa shape index (κ3) is 35.0. The number of hydrogen-bond donors (Lipinski definition) is 6. The van der Waals surface area contributed by atoms with Crippen LogP contribution in [-0.4, -0.2) is 99.6 Å². The number of allylic oxidation sites excluding steroid dienone is 10. The molecule has 1 heterocycles. The monoisotopic (exact) mass is 972 g/mol. The van der Waals surface area contributed by atoms with Crippen LogP contribution in [0.4, 0.5) is 0 Å². The maximum atomic E-state index is 13.3. The van der Waals surface area contributed by atoms with Gasteiger partial charge in [0.1, 0.15) is 24.4 Å². The molecule has 0 saturated carbocycles. The van der Waals surface area contributed by atoms with Gasteiger partial charge < -0.3 is 45.1 Å². The van der Waals surface area contributed by atoms with Crippen molar-refractivity contribution in [2.75, 3.05) is 13.2 Å². The van der Waals surface area contributed by atoms with Gasteiger partial charge in [0.25, 0.3) is 0 Å². The highest BCUT2D eigenvalue weighted by Crippen LogP contribution is 2.26. The average Bonchev–Trinajstić information content (AvgIpc) is 3.34. The Morgan fingerprint density at radius 1 is 0.565 bits per heavy atom. The van der Waals surface area contributed by atoms with E-state index in [4.69, 9.17) is 14.2 Å². The number of hydrogen-bond acceptors (Lipinski definition) is 10. The van der Waals surface area contributed by atoms with Gasteiger partial charge in [0.15, 0.2) is 12.4 Å². The molecule has 0 aliphatic carbocycles. The summed E-state index contributed by atoms with van der Waals surface area (Å²) in [5.41, 5.74) is 0. The Bertz CT molecular complexity index is 1390. The number of carbonyl (C=O) groups excluding carboxylic acids is 2. The van der Waals surface area contributed by atoms with Gasteiger partial charge >= 0.3 is 5.97 Å². The molecule has 0 bridgehead atoms. The van der Waals surface area contributed by atoms with Crippen LogP contribution in [0.1, 0.15) is 220 Å². The number of aliphatic hydroxyl groups is 5. The summed E-state index contributed by atoms with van der Waals surface area (Å²) in [5, 5.41) is 56.5. The Labute approximate surface area is 420 Å². The van der Waals surface area contributed by atoms with Gasteiger partial charge in [-0.25, -0.2) is 0 Å². The van der Waals surface area contributed by atoms with Crippen LogP contribution in [-0.2, 0) is 23.8 Å². The molecule has 398 valence electrons. The molecular weight excluding hydrogens is 871 g/mol. The molecule has 0 aromatic carbocycles. The molecule has 8 atom stereocenters. The Kier molecular flexibility index (Phi) is 42.9. The molecule has 1 aliphatic rings. The average molecular weight is 972 g/mol. The van der Waals surface area contributed by atoms with Crippen molar-refractivity contribution in [3.63, 3.8) is 0 Å². The van der Waals surface area contributed by atoms with Crippen LogP contribution in [0.5, 0.6) is 0 Å². The van der Waals surface area contributed by atoms with Crippen molar-refractivity contribution in [1.82, 2.24) is 5.32 Å². The molecule has 0 aromatic rings. The molecule has 11 heteroatoms. The number of nitrogens with one attached hydrogen (secondary N) is 1. The van der Waals surface area contributed by atoms with E-state index in [0.717, 1.165) is 77.0 Å². The van der Waals surface area contributed by atoms with E-state index in [0.29, 0.717) is 12.8 Å². The van der Waals surface area contributed by atoms with E-state index in [-0.39, 0.29) is 19.4 Å². The smallest absolute Gasteiger partial charge is 0.306 e. The van der Waals surface area contributed by atoms with Crippen molar-refractivity contribution in [3.05, 3.63) is 72.9 Å². The molecule has 1 fully saturated rings. The summed E-state index contributed by atoms with van der Waals surface area (Å²) in [4.78, 5) is 26.3. The predicted octanol–water partition coefficient (Wildman–Crippen LogP) is 12.1. The summed E-state index contributed by atoms with van der Waals surface area (Å²) in [5.74, 6) is -1.29. The van der Waals surface area contributed by atoms with Crippen molar-refractivity contribution >= 4 is 11.9 Å². The largest absolute Gasteiger partial charge is 0.454 e. The third-order valence-corrected chi connectivity index (χ3v) is 12.6. The van der Waals surface area contributed by atoms with Crippen LogP contribution in [0.3, 0.4) is 0 Å². The summed E-state index contributed by atoms with van der Waals surface area (Å²) < 4.78 is 17.5. The van der Waals surface area contributed by atoms with Gasteiger partial charge in [0.05, 0.1) is 25.4 Å². The molecule has 1 rings (SSSR count). The third-order valence-electron chi connectivity index (χ3n) is 12.6. The van der Waals surface area contributed by atoms with E-state index in [9.17, 15) is 35.1 Å². The van der Waals surface area contributed by atoms with E-state index < -0.39 is 67.4 Å². The molecular formula is C58H101NO10. The predicted molar refractivity (Wildman–Crippen MR) is 283 cm³/mol. The van der Waals surface area contributed by atoms with Gasteiger partial charge in [-0.15, -0.1) is 0 Å². The molecule has 6 N–H and O–H groups in total. The Morgan fingerprint density at radius 2 is 1.00 bits per heavy atom. The summed E-state index contributed by atoms with van der Waals surface area (Å²) in [6, 6.07) is -1.06. The van der Waals surface area contributed by atoms with Gasteiger partial charge in [0, 0.05) is 12.8 Å². The van der Waals surface area contributed by atoms with Crippen LogP contribution in [0, 0.1) is 0 Å². The number of ether oxygens (including phenoxy) is 3. The van der Waals surface area contributed by atoms with Crippen LogP contribution in [0.2, 0.25) is 0 Å². The minimum Gasteiger partial charge on any atom is -0.454 e. The standard InChI is InChI=1S/C58H101NO10/c1-4-7-10-13-16-19-22-24-25-26-27-28-31-34-37-40-43-46-53(63)69-56-55(65)54(64)52(47-60)68-58(56)67-48-49(50(61)44-41-38-35-32-29-21-18-15-12-9-6-3)59-57(66)51(62)45-42-39-36-33-30-23-20-17-14-11-8-5-2/h16,19,24-25,27-28,30,33,39,41-42,44,49-52,54-56,58,60-62,64-65H,4-15,17-18,20-23,26,29,31-32,34-38,40,43,45-48H2,1-3H3,(H,59,66)/b19-16-,25-24-,28-27-,33-30-,42-39+,44-41+. The molecule has 8 unspecified atom stereocenters. The van der Waals surface area contributed by atoms with Gasteiger partial charge in [-0.1, -0.05) is 203 Å². The second-order valence-corrected chi connectivity index (χ2v) is 19.0. The van der Waals surface area contributed by atoms with Gasteiger partial charge in [-0.2, -0.15) is 0 Å². The molecule has 1 saturated heterocycles. The fourth-order valence-corrected chi connectivity index (χ4v) is 8.11. The van der Waals surface area contributed by atoms with E-state index in [1.54, 1.807) is 12.2 Å². The summed E-state index contributed by atoms with van der Waals surface area (Å²) in [6.45, 7) is 5.66. The van der Waals surface area contributed by atoms with Crippen molar-refractivity contribution < 1.29 is 49.3 Å². The molecule has 0 spiro atoms. The SMILES string of the molecule is CCCCC/C=C\C/C=C\C/C=C\CCCCCCC(=O)OC1C(OCC(NC(=O)C(O)C/C=C/C/C=C\CCCCCCCC)C(O)/C=C/CCCCCCCCCCC)OC(CO)C(O)C1O. The number of rotatable bonds is 45. The van der Waals surface area contributed by atoms with E-state index in [1.807, 2.05) is 12.2 Å². The zero-order chi connectivity index (χ0) is 50.4. The fourth-order valence-electron chi connectivity index (χ4n) is 8.11. The normalized spacial score (nSPS) is 20.4. The van der Waals surface area contributed by atoms with Crippen molar-refractivity contribution in [1.29, 1.82) is 0 Å². The molecule has 0 aromatic heterocycles. The van der Waals surface area contributed by atoms with Crippen LogP contribution >= 0.6 is 0 Å². The summed E-state index contributed by atoms with van der Waals surface area (Å²) in [7, 11) is 0. The summed E-state index contributed by atoms with van der Waals surface area (Å²) in [6.07, 6.45) is 46.8. The topological polar surface area (TPSA) is 175 Å². The quantitative estimate of drug-likeness (QED) is 0.0196. The van der Waals surface area contributed by atoms with E-state index >= 15 is 0 Å². The molecule has 11 nitrogen and oxygen atoms in total. The molecule has 0 radical (unpaired) electrons. The van der Waals surface area contributed by atoms with Crippen molar-refractivity contribution in [3.8, 4) is 0 Å². The van der Waals surface area contributed by atoms with Crippen LogP contribution in [0.25, 0.3) is 0 Å². The number of amides is 1. The summed E-state index contributed by atoms with van der Waals surface area (Å²) >= 11 is 0. The molecule has 69 heavy (non-hydrogen) atoms. The zero-order valence-electron chi connectivity index (χ0n) is 43.7. The Balaban J connectivity index is 2.78. The van der Waals surface area contributed by atoms with Gasteiger partial charge in [0.2, 0.25) is 5.91 Å². The maximum absolute atomic E-state index is 13.3. The highest BCUT2D eigenvalue weighted by molar-refractivity contribution is 5.81. The minimum absolute atomic E-state index is 0.0772. The Morgan fingerprint density at radius 3 is 1.52 bits per heavy atom. The highest BCUT2D eigenvalue weighted by Gasteiger charge is 2.47. The number of esters is 1. The number of unbranched alkanes of at least 4 members (excludes halogenated alkanes) is 22. The lowest BCUT2D eigenvalue weighted by molar-refractivity contribution is -0.305. The van der Waals surface area contributed by atoms with Gasteiger partial charge in [-0.05, 0) is 77.0 Å². The minimum atomic E-state index is -1.63. The Hall–Kier alpha value is -2.90. The van der Waals surface area contributed by atoms with E-state index in [2.05, 4.69) is 74.7 Å². The van der Waals surface area contributed by atoms with Crippen molar-refractivity contribution in [2.24, 2.45) is 0 Å². The first-order valence-corrected chi connectivity index (χ1v) is 27.7. The fraction of sp³-hybridized carbons (Fsp3) is 0.759. The zero-order valence-corrected chi connectivity index (χ0v) is 43.7. The van der Waals surface area contributed by atoms with E-state index in [1.165, 1.54) is 96.3 Å². The maximum Gasteiger partial charge on any atom is 0.306 e. The second kappa shape index (κ2) is 46.2. The van der Waals surface area contributed by atoms with Gasteiger partial charge in [-0.3, -0.25) is 9.59 Å². The highest BCUT2D eigenvalue weighted by atomic mass is 16.7. The second-order valence-electron chi connectivity index (χ2n) is 19.0. The van der Waals surface area contributed by atoms with Crippen LogP contribution in [0.15, 0.2) is 72.9 Å². The number of aliphatic hydroxyl groups excluding tert-OH is 5. The first-order valence-electron chi connectivity index (χ1n) is 27.7. The molecule has 1 amide bonds. The lowest BCUT2D eigenvalue weighted by Gasteiger charge is -2.41. The van der Waals surface area contributed by atoms with Crippen LogP contribution < -0.4 is 5.32 Å². The lowest BCUT2D eigenvalue weighted by atomic mass is 9.99. The lowest BCUT2D eigenvalue weighted by Crippen LogP contribution is -2.61. The first-order chi connectivity index (χ1) is 33.7.